The average Bonchev–Trinajstić information content (AvgIpc) is 3.50. The highest BCUT2D eigenvalue weighted by atomic mass is 16.6. The van der Waals surface area contributed by atoms with Gasteiger partial charge in [0, 0.05) is 24.3 Å². The van der Waals surface area contributed by atoms with Crippen molar-refractivity contribution in [2.24, 2.45) is 11.8 Å². The summed E-state index contributed by atoms with van der Waals surface area (Å²) in [6.07, 6.45) is 2.21. The zero-order chi connectivity index (χ0) is 21.1. The molecule has 0 spiro atoms. The number of cyclic esters (lactones) is 1. The fourth-order valence-electron chi connectivity index (χ4n) is 4.84. The molecule has 0 unspecified atom stereocenters. The highest BCUT2D eigenvalue weighted by Crippen LogP contribution is 2.47. The third-order valence-electron chi connectivity index (χ3n) is 6.66. The summed E-state index contributed by atoms with van der Waals surface area (Å²) in [6, 6.07) is 0. The van der Waals surface area contributed by atoms with Gasteiger partial charge in [-0.15, -0.1) is 0 Å². The lowest BCUT2D eigenvalue weighted by molar-refractivity contribution is -0.147. The van der Waals surface area contributed by atoms with Crippen molar-refractivity contribution >= 4 is 11.9 Å². The fraction of sp³-hybridized carbons (Fsp3) is 0.727. The molecule has 0 bridgehead atoms. The zero-order valence-electron chi connectivity index (χ0n) is 17.5. The molecule has 4 rings (SSSR count). The molecule has 3 heterocycles. The number of fused-ring (bicyclic) bond motifs is 2. The lowest BCUT2D eigenvalue weighted by Gasteiger charge is -2.35. The molecule has 160 valence electrons. The number of carbonyl (C=O) groups excluding carboxylic acids is 2. The van der Waals surface area contributed by atoms with E-state index in [1.54, 1.807) is 13.0 Å². The molecular formula is C22H30O7. The predicted octanol–water partition coefficient (Wildman–Crippen LogP) is 2.07. The topological polar surface area (TPSA) is 97.9 Å². The maximum absolute atomic E-state index is 12.7. The first-order chi connectivity index (χ1) is 13.5. The highest BCUT2D eigenvalue weighted by Gasteiger charge is 2.56. The molecule has 4 fully saturated rings. The van der Waals surface area contributed by atoms with Gasteiger partial charge >= 0.3 is 11.9 Å². The molecule has 29 heavy (non-hydrogen) atoms. The van der Waals surface area contributed by atoms with Crippen molar-refractivity contribution in [3.63, 3.8) is 0 Å². The van der Waals surface area contributed by atoms with Crippen LogP contribution in [0.3, 0.4) is 0 Å². The molecule has 1 saturated carbocycles. The maximum atomic E-state index is 12.7. The fourth-order valence-corrected chi connectivity index (χ4v) is 4.84. The van der Waals surface area contributed by atoms with Gasteiger partial charge in [0.15, 0.2) is 0 Å². The van der Waals surface area contributed by atoms with Gasteiger partial charge in [0.05, 0.1) is 23.9 Å². The molecule has 0 aromatic rings. The Bertz CT molecular complexity index is 765. The van der Waals surface area contributed by atoms with Gasteiger partial charge in [-0.1, -0.05) is 12.2 Å². The third kappa shape index (κ3) is 4.00. The molecule has 1 N–H and O–H groups in total. The lowest BCUT2D eigenvalue weighted by atomic mass is 9.75. The lowest BCUT2D eigenvalue weighted by Crippen LogP contribution is -2.38. The quantitative estimate of drug-likeness (QED) is 0.332. The maximum Gasteiger partial charge on any atom is 0.334 e. The van der Waals surface area contributed by atoms with Gasteiger partial charge in [-0.25, -0.2) is 4.79 Å². The Labute approximate surface area is 171 Å². The molecular weight excluding hydrogens is 376 g/mol. The van der Waals surface area contributed by atoms with E-state index < -0.39 is 29.2 Å². The number of hydrogen-bond acceptors (Lipinski definition) is 7. The van der Waals surface area contributed by atoms with Gasteiger partial charge in [0.1, 0.15) is 18.3 Å². The van der Waals surface area contributed by atoms with E-state index in [4.69, 9.17) is 18.9 Å². The zero-order valence-corrected chi connectivity index (χ0v) is 17.5. The number of carbonyl (C=O) groups is 2. The van der Waals surface area contributed by atoms with E-state index in [-0.39, 0.29) is 36.8 Å². The van der Waals surface area contributed by atoms with E-state index in [1.165, 1.54) is 6.92 Å². The van der Waals surface area contributed by atoms with Crippen LogP contribution in [0.5, 0.6) is 0 Å². The summed E-state index contributed by atoms with van der Waals surface area (Å²) >= 11 is 0. The van der Waals surface area contributed by atoms with Crippen LogP contribution in [0.15, 0.2) is 23.8 Å². The van der Waals surface area contributed by atoms with Crippen LogP contribution in [0.4, 0.5) is 0 Å². The minimum absolute atomic E-state index is 0.0317. The van der Waals surface area contributed by atoms with Crippen LogP contribution in [0, 0.1) is 11.8 Å². The Morgan fingerprint density at radius 2 is 2.03 bits per heavy atom. The van der Waals surface area contributed by atoms with Crippen LogP contribution in [-0.2, 0) is 28.5 Å². The average molecular weight is 406 g/mol. The summed E-state index contributed by atoms with van der Waals surface area (Å²) in [4.78, 5) is 24.4. The van der Waals surface area contributed by atoms with E-state index in [0.717, 1.165) is 5.57 Å². The first kappa shape index (κ1) is 20.6. The van der Waals surface area contributed by atoms with E-state index in [1.807, 2.05) is 13.8 Å². The largest absolute Gasteiger partial charge is 0.462 e. The molecule has 3 aliphatic heterocycles. The minimum Gasteiger partial charge on any atom is -0.462 e. The van der Waals surface area contributed by atoms with Crippen LogP contribution >= 0.6 is 0 Å². The van der Waals surface area contributed by atoms with Crippen molar-refractivity contribution < 1.29 is 33.6 Å². The normalized spacial score (nSPS) is 43.1. The van der Waals surface area contributed by atoms with Gasteiger partial charge < -0.3 is 24.1 Å². The van der Waals surface area contributed by atoms with E-state index in [9.17, 15) is 14.7 Å². The van der Waals surface area contributed by atoms with Crippen molar-refractivity contribution in [3.05, 3.63) is 23.8 Å². The molecule has 7 heteroatoms. The molecule has 1 aliphatic carbocycles. The molecule has 0 aromatic carbocycles. The Morgan fingerprint density at radius 3 is 2.66 bits per heavy atom. The summed E-state index contributed by atoms with van der Waals surface area (Å²) in [7, 11) is 0. The van der Waals surface area contributed by atoms with Crippen LogP contribution in [0.25, 0.3) is 0 Å². The summed E-state index contributed by atoms with van der Waals surface area (Å²) in [5.74, 6) is -1.05. The van der Waals surface area contributed by atoms with Crippen molar-refractivity contribution in [3.8, 4) is 0 Å². The summed E-state index contributed by atoms with van der Waals surface area (Å²) in [6.45, 7) is 11.5. The Kier molecular flexibility index (Phi) is 4.91. The van der Waals surface area contributed by atoms with E-state index >= 15 is 0 Å². The van der Waals surface area contributed by atoms with Crippen LogP contribution < -0.4 is 0 Å². The van der Waals surface area contributed by atoms with Crippen molar-refractivity contribution in [1.82, 2.24) is 0 Å². The molecule has 7 atom stereocenters. The molecule has 4 aliphatic rings. The summed E-state index contributed by atoms with van der Waals surface area (Å²) in [5, 5.41) is 10.8. The second-order valence-electron chi connectivity index (χ2n) is 9.50. The van der Waals surface area contributed by atoms with E-state index in [2.05, 4.69) is 6.58 Å². The number of ether oxygens (including phenoxy) is 4. The van der Waals surface area contributed by atoms with Gasteiger partial charge in [-0.3, -0.25) is 4.79 Å². The number of rotatable bonds is 3. The van der Waals surface area contributed by atoms with E-state index in [0.29, 0.717) is 24.8 Å². The molecule has 0 radical (unpaired) electrons. The smallest absolute Gasteiger partial charge is 0.334 e. The molecule has 3 saturated heterocycles. The second kappa shape index (κ2) is 6.93. The Balaban J connectivity index is 1.65. The first-order valence-electron chi connectivity index (χ1n) is 10.3. The van der Waals surface area contributed by atoms with Crippen molar-refractivity contribution in [2.45, 2.75) is 82.6 Å². The van der Waals surface area contributed by atoms with Crippen molar-refractivity contribution in [2.75, 3.05) is 6.61 Å². The first-order valence-corrected chi connectivity index (χ1v) is 10.3. The summed E-state index contributed by atoms with van der Waals surface area (Å²) in [5.41, 5.74) is 0.0701. The third-order valence-corrected chi connectivity index (χ3v) is 6.66. The molecule has 0 amide bonds. The van der Waals surface area contributed by atoms with Crippen LogP contribution in [-0.4, -0.2) is 59.3 Å². The van der Waals surface area contributed by atoms with Gasteiger partial charge in [0.25, 0.3) is 0 Å². The standard InChI is InChI=1S/C22H30O7/c1-11-8-16-19(28-16)22(5,25)7-6-13-14(20(24)26-10-15(11)13)9-17(27-12(2)23)18-21(3,4)29-18/h9,13,15-19,25H,1,6-8,10H2,2-5H3/b14-9+/t13-,15+,16-,17+,18-,19-,22+/m1/s1. The van der Waals surface area contributed by atoms with Gasteiger partial charge in [0.2, 0.25) is 0 Å². The number of hydrogen-bond donors (Lipinski definition) is 1. The number of epoxide rings is 2. The number of aliphatic hydroxyl groups is 1. The second-order valence-corrected chi connectivity index (χ2v) is 9.50. The van der Waals surface area contributed by atoms with Gasteiger partial charge in [-0.05, 0) is 46.1 Å². The molecule has 0 aromatic heterocycles. The molecule has 7 nitrogen and oxygen atoms in total. The predicted molar refractivity (Wildman–Crippen MR) is 103 cm³/mol. The Hall–Kier alpha value is -1.70. The van der Waals surface area contributed by atoms with Crippen LogP contribution in [0.2, 0.25) is 0 Å². The summed E-state index contributed by atoms with van der Waals surface area (Å²) < 4.78 is 22.3. The number of esters is 2. The minimum atomic E-state index is -0.955. The van der Waals surface area contributed by atoms with Gasteiger partial charge in [-0.2, -0.15) is 0 Å². The van der Waals surface area contributed by atoms with Crippen molar-refractivity contribution in [1.29, 1.82) is 0 Å². The highest BCUT2D eigenvalue weighted by molar-refractivity contribution is 5.90. The Morgan fingerprint density at radius 1 is 1.34 bits per heavy atom. The monoisotopic (exact) mass is 406 g/mol. The SMILES string of the molecule is C=C1C[C@H]2O[C@H]2[C@@](C)(O)CC[C@@H]2/C(=C\[C@H](OC(C)=O)[C@H]3OC3(C)C)C(=O)OC[C@@H]12. The van der Waals surface area contributed by atoms with Crippen LogP contribution in [0.1, 0.15) is 47.0 Å².